The van der Waals surface area contributed by atoms with Crippen LogP contribution in [0, 0.1) is 0 Å². The van der Waals surface area contributed by atoms with Crippen LogP contribution in [-0.4, -0.2) is 28.4 Å². The highest BCUT2D eigenvalue weighted by Gasteiger charge is 2.34. The topological polar surface area (TPSA) is 68.0 Å². The van der Waals surface area contributed by atoms with Crippen molar-refractivity contribution in [2.75, 3.05) is 12.3 Å². The van der Waals surface area contributed by atoms with Crippen LogP contribution in [0.25, 0.3) is 11.5 Å². The van der Waals surface area contributed by atoms with Gasteiger partial charge in [0.1, 0.15) is 0 Å². The lowest BCUT2D eigenvalue weighted by atomic mass is 9.69. The highest BCUT2D eigenvalue weighted by Crippen LogP contribution is 2.39. The van der Waals surface area contributed by atoms with Gasteiger partial charge in [-0.05, 0) is 30.5 Å². The van der Waals surface area contributed by atoms with Gasteiger partial charge in [0.25, 0.3) is 5.22 Å². The average molecular weight is 408 g/mol. The fourth-order valence-electron chi connectivity index (χ4n) is 4.00. The molecule has 2 aromatic carbocycles. The minimum Gasteiger partial charge on any atom is -0.411 e. The maximum Gasteiger partial charge on any atom is 0.277 e. The molecule has 0 spiro atoms. The van der Waals surface area contributed by atoms with E-state index in [0.29, 0.717) is 17.7 Å². The van der Waals surface area contributed by atoms with Crippen molar-refractivity contribution in [3.8, 4) is 11.5 Å². The molecule has 1 aliphatic rings. The van der Waals surface area contributed by atoms with E-state index >= 15 is 0 Å². The normalized spacial score (nSPS) is 15.7. The first-order valence-electron chi connectivity index (χ1n) is 10.1. The Morgan fingerprint density at radius 1 is 0.966 bits per heavy atom. The Kier molecular flexibility index (Phi) is 6.30. The van der Waals surface area contributed by atoms with Crippen LogP contribution < -0.4 is 5.32 Å². The van der Waals surface area contributed by atoms with E-state index in [1.54, 1.807) is 0 Å². The van der Waals surface area contributed by atoms with Gasteiger partial charge in [0.15, 0.2) is 0 Å². The lowest BCUT2D eigenvalue weighted by Crippen LogP contribution is -2.42. The summed E-state index contributed by atoms with van der Waals surface area (Å²) in [7, 11) is 0. The third-order valence-electron chi connectivity index (χ3n) is 5.57. The predicted octanol–water partition coefficient (Wildman–Crippen LogP) is 4.85. The molecule has 4 rings (SSSR count). The zero-order valence-electron chi connectivity index (χ0n) is 16.3. The zero-order valence-corrected chi connectivity index (χ0v) is 17.2. The van der Waals surface area contributed by atoms with Gasteiger partial charge in [-0.25, -0.2) is 0 Å². The maximum absolute atomic E-state index is 12.5. The highest BCUT2D eigenvalue weighted by atomic mass is 32.2. The van der Waals surface area contributed by atoms with Crippen molar-refractivity contribution in [1.82, 2.24) is 15.5 Å². The van der Waals surface area contributed by atoms with Crippen molar-refractivity contribution in [3.05, 3.63) is 66.2 Å². The van der Waals surface area contributed by atoms with Gasteiger partial charge in [-0.15, -0.1) is 10.2 Å². The summed E-state index contributed by atoms with van der Waals surface area (Å²) in [5.74, 6) is 0.732. The molecule has 0 aliphatic heterocycles. The molecule has 1 aliphatic carbocycles. The molecule has 5 nitrogen and oxygen atoms in total. The summed E-state index contributed by atoms with van der Waals surface area (Å²) >= 11 is 1.27. The summed E-state index contributed by atoms with van der Waals surface area (Å²) < 4.78 is 5.66. The van der Waals surface area contributed by atoms with Crippen molar-refractivity contribution in [3.63, 3.8) is 0 Å². The third-order valence-corrected chi connectivity index (χ3v) is 6.39. The number of hydrogen-bond acceptors (Lipinski definition) is 5. The summed E-state index contributed by atoms with van der Waals surface area (Å²) in [5, 5.41) is 11.7. The standard InChI is InChI=1S/C23H25N3O2S/c27-20(16-29-22-26-25-21(28-22)18-10-4-1-5-11-18)24-17-23(14-8-3-9-15-23)19-12-6-2-7-13-19/h1-2,4-7,10-13H,3,8-9,14-17H2,(H,24,27). The molecule has 1 heterocycles. The molecule has 0 atom stereocenters. The van der Waals surface area contributed by atoms with Crippen LogP contribution in [-0.2, 0) is 10.2 Å². The van der Waals surface area contributed by atoms with Crippen LogP contribution >= 0.6 is 11.8 Å². The minimum absolute atomic E-state index is 0.00431. The van der Waals surface area contributed by atoms with Gasteiger partial charge in [0, 0.05) is 17.5 Å². The van der Waals surface area contributed by atoms with E-state index < -0.39 is 0 Å². The van der Waals surface area contributed by atoms with Gasteiger partial charge < -0.3 is 9.73 Å². The molecule has 1 saturated carbocycles. The molecule has 0 unspecified atom stereocenters. The molecule has 0 saturated heterocycles. The summed E-state index contributed by atoms with van der Waals surface area (Å²) in [6.07, 6.45) is 5.94. The van der Waals surface area contributed by atoms with Gasteiger partial charge >= 0.3 is 0 Å². The number of carbonyl (C=O) groups is 1. The monoisotopic (exact) mass is 407 g/mol. The van der Waals surface area contributed by atoms with Gasteiger partial charge in [0.2, 0.25) is 11.8 Å². The lowest BCUT2D eigenvalue weighted by molar-refractivity contribution is -0.118. The molecule has 0 radical (unpaired) electrons. The number of hydrogen-bond donors (Lipinski definition) is 1. The molecule has 150 valence electrons. The number of amides is 1. The summed E-state index contributed by atoms with van der Waals surface area (Å²) in [6, 6.07) is 20.2. The fraction of sp³-hybridized carbons (Fsp3) is 0.348. The second-order valence-electron chi connectivity index (χ2n) is 7.51. The summed E-state index contributed by atoms with van der Waals surface area (Å²) in [4.78, 5) is 12.5. The van der Waals surface area contributed by atoms with Crippen LogP contribution in [0.15, 0.2) is 70.3 Å². The molecular weight excluding hydrogens is 382 g/mol. The zero-order chi connectivity index (χ0) is 19.9. The number of benzene rings is 2. The van der Waals surface area contributed by atoms with E-state index in [9.17, 15) is 4.79 Å². The molecular formula is C23H25N3O2S. The van der Waals surface area contributed by atoms with E-state index in [0.717, 1.165) is 18.4 Å². The minimum atomic E-state index is -0.00431. The number of carbonyl (C=O) groups excluding carboxylic acids is 1. The van der Waals surface area contributed by atoms with Crippen molar-refractivity contribution in [1.29, 1.82) is 0 Å². The van der Waals surface area contributed by atoms with Crippen LogP contribution in [0.1, 0.15) is 37.7 Å². The van der Waals surface area contributed by atoms with Gasteiger partial charge in [-0.2, -0.15) is 0 Å². The molecule has 1 aromatic heterocycles. The van der Waals surface area contributed by atoms with Gasteiger partial charge in [-0.3, -0.25) is 4.79 Å². The van der Waals surface area contributed by atoms with E-state index in [2.05, 4.69) is 39.8 Å². The van der Waals surface area contributed by atoms with E-state index in [1.165, 1.54) is 36.6 Å². The first-order chi connectivity index (χ1) is 14.3. The molecule has 3 aromatic rings. The average Bonchev–Trinajstić information content (AvgIpc) is 3.27. The Morgan fingerprint density at radius 2 is 1.66 bits per heavy atom. The fourth-order valence-corrected chi connectivity index (χ4v) is 4.59. The van der Waals surface area contributed by atoms with Crippen molar-refractivity contribution >= 4 is 17.7 Å². The van der Waals surface area contributed by atoms with Gasteiger partial charge in [0.05, 0.1) is 5.75 Å². The Hall–Kier alpha value is -2.60. The number of rotatable bonds is 7. The first kappa shape index (κ1) is 19.7. The molecule has 0 bridgehead atoms. The summed E-state index contributed by atoms with van der Waals surface area (Å²) in [6.45, 7) is 0.676. The summed E-state index contributed by atoms with van der Waals surface area (Å²) in [5.41, 5.74) is 2.25. The number of thioether (sulfide) groups is 1. The van der Waals surface area contributed by atoms with Crippen molar-refractivity contribution in [2.24, 2.45) is 0 Å². The van der Waals surface area contributed by atoms with E-state index in [1.807, 2.05) is 36.4 Å². The Morgan fingerprint density at radius 3 is 2.38 bits per heavy atom. The SMILES string of the molecule is O=C(CSc1nnc(-c2ccccc2)o1)NCC1(c2ccccc2)CCCCC1. The molecule has 1 amide bonds. The van der Waals surface area contributed by atoms with Crippen molar-refractivity contribution in [2.45, 2.75) is 42.7 Å². The van der Waals surface area contributed by atoms with Crippen LogP contribution in [0.5, 0.6) is 0 Å². The number of aromatic nitrogens is 2. The Balaban J connectivity index is 1.33. The quantitative estimate of drug-likeness (QED) is 0.567. The molecule has 29 heavy (non-hydrogen) atoms. The first-order valence-corrected chi connectivity index (χ1v) is 11.1. The van der Waals surface area contributed by atoms with Crippen LogP contribution in [0.4, 0.5) is 0 Å². The largest absolute Gasteiger partial charge is 0.411 e. The van der Waals surface area contributed by atoms with Crippen LogP contribution in [0.2, 0.25) is 0 Å². The highest BCUT2D eigenvalue weighted by molar-refractivity contribution is 7.99. The predicted molar refractivity (Wildman–Crippen MR) is 115 cm³/mol. The van der Waals surface area contributed by atoms with Gasteiger partial charge in [-0.1, -0.05) is 79.6 Å². The van der Waals surface area contributed by atoms with E-state index in [-0.39, 0.29) is 17.1 Å². The Labute approximate surface area is 175 Å². The Bertz CT molecular complexity index is 922. The smallest absolute Gasteiger partial charge is 0.277 e. The third kappa shape index (κ3) is 4.88. The van der Waals surface area contributed by atoms with Crippen molar-refractivity contribution < 1.29 is 9.21 Å². The van der Waals surface area contributed by atoms with E-state index in [4.69, 9.17) is 4.42 Å². The number of nitrogens with zero attached hydrogens (tertiary/aromatic N) is 2. The molecule has 6 heteroatoms. The second-order valence-corrected chi connectivity index (χ2v) is 8.44. The lowest BCUT2D eigenvalue weighted by Gasteiger charge is -2.38. The number of nitrogens with one attached hydrogen (secondary N) is 1. The molecule has 1 N–H and O–H groups in total. The van der Waals surface area contributed by atoms with Crippen LogP contribution in [0.3, 0.4) is 0 Å². The second kappa shape index (κ2) is 9.27. The molecule has 1 fully saturated rings. The maximum atomic E-state index is 12.5.